The highest BCUT2D eigenvalue weighted by molar-refractivity contribution is 6.47. The second-order valence-electron chi connectivity index (χ2n) is 9.57. The number of carbonyl (C=O) groups excluding carboxylic acids is 2. The van der Waals surface area contributed by atoms with Gasteiger partial charge in [-0.05, 0) is 81.0 Å². The summed E-state index contributed by atoms with van der Waals surface area (Å²) in [6, 6.07) is 19.1. The third-order valence-electron chi connectivity index (χ3n) is 6.49. The number of hydrogen-bond acceptors (Lipinski definition) is 5. The van der Waals surface area contributed by atoms with Crippen molar-refractivity contribution in [1.29, 1.82) is 0 Å². The normalized spacial score (nSPS) is 16.9. The molecular weight excluding hydrogens is 523 g/mol. The van der Waals surface area contributed by atoms with Crippen molar-refractivity contribution in [3.05, 3.63) is 105 Å². The van der Waals surface area contributed by atoms with E-state index in [9.17, 15) is 14.7 Å². The van der Waals surface area contributed by atoms with Crippen LogP contribution in [0.1, 0.15) is 34.7 Å². The van der Waals surface area contributed by atoms with E-state index in [1.54, 1.807) is 36.4 Å². The van der Waals surface area contributed by atoms with Gasteiger partial charge in [-0.15, -0.1) is 0 Å². The Labute approximate surface area is 233 Å². The van der Waals surface area contributed by atoms with Crippen LogP contribution in [0.15, 0.2) is 72.3 Å². The Morgan fingerprint density at radius 1 is 1.03 bits per heavy atom. The van der Waals surface area contributed by atoms with Crippen LogP contribution in [-0.4, -0.2) is 53.8 Å². The SMILES string of the molecule is Cc1cc(/C(O)=C2\C(=O)C(=O)N(CCCN(C)C)[C@H]2c2ccc(Cl)cc2Cl)ccc1OCc1ccccc1. The van der Waals surface area contributed by atoms with Gasteiger partial charge in [-0.25, -0.2) is 0 Å². The average molecular weight is 553 g/mol. The highest BCUT2D eigenvalue weighted by Gasteiger charge is 2.46. The van der Waals surface area contributed by atoms with Gasteiger partial charge >= 0.3 is 0 Å². The third kappa shape index (κ3) is 6.04. The van der Waals surface area contributed by atoms with Crippen molar-refractivity contribution in [3.8, 4) is 5.75 Å². The number of halogens is 2. The molecule has 1 amide bonds. The summed E-state index contributed by atoms with van der Waals surface area (Å²) < 4.78 is 5.96. The van der Waals surface area contributed by atoms with Crippen LogP contribution in [0.5, 0.6) is 5.75 Å². The number of amides is 1. The Bertz CT molecular complexity index is 1370. The maximum absolute atomic E-state index is 13.3. The van der Waals surface area contributed by atoms with Crippen molar-refractivity contribution in [2.24, 2.45) is 0 Å². The number of hydrogen-bond donors (Lipinski definition) is 1. The molecular formula is C30H30Cl2N2O4. The lowest BCUT2D eigenvalue weighted by atomic mass is 9.94. The van der Waals surface area contributed by atoms with Crippen molar-refractivity contribution in [1.82, 2.24) is 9.80 Å². The summed E-state index contributed by atoms with van der Waals surface area (Å²) in [5.74, 6) is -1.01. The Kier molecular flexibility index (Phi) is 8.77. The van der Waals surface area contributed by atoms with E-state index in [1.807, 2.05) is 56.3 Å². The predicted octanol–water partition coefficient (Wildman–Crippen LogP) is 6.25. The molecule has 0 aliphatic carbocycles. The molecule has 38 heavy (non-hydrogen) atoms. The van der Waals surface area contributed by atoms with Crippen LogP contribution in [0.2, 0.25) is 10.0 Å². The van der Waals surface area contributed by atoms with Crippen LogP contribution < -0.4 is 4.74 Å². The number of Topliss-reactive ketones (excluding diaryl/α,β-unsaturated/α-hetero) is 1. The molecule has 3 aromatic rings. The van der Waals surface area contributed by atoms with Gasteiger partial charge in [0.05, 0.1) is 11.6 Å². The number of benzene rings is 3. The number of aliphatic hydroxyl groups is 1. The third-order valence-corrected chi connectivity index (χ3v) is 7.05. The highest BCUT2D eigenvalue weighted by Crippen LogP contribution is 2.42. The standard InChI is InChI=1S/C30H30Cl2N2O4/c1-19-16-21(10-13-25(19)38-18-20-8-5-4-6-9-20)28(35)26-27(23-12-11-22(31)17-24(23)32)34(30(37)29(26)36)15-7-14-33(2)3/h4-6,8-13,16-17,27,35H,7,14-15,18H2,1-3H3/b28-26+/t27-/m0/s1. The molecule has 4 rings (SSSR count). The first kappa shape index (κ1) is 27.7. The topological polar surface area (TPSA) is 70.1 Å². The van der Waals surface area contributed by atoms with Gasteiger partial charge in [-0.2, -0.15) is 0 Å². The summed E-state index contributed by atoms with van der Waals surface area (Å²) in [6.07, 6.45) is 0.647. The van der Waals surface area contributed by atoms with Crippen molar-refractivity contribution >= 4 is 40.7 Å². The number of nitrogens with zero attached hydrogens (tertiary/aromatic N) is 2. The summed E-state index contributed by atoms with van der Waals surface area (Å²) in [5.41, 5.74) is 2.76. The zero-order chi connectivity index (χ0) is 27.4. The quantitative estimate of drug-likeness (QED) is 0.193. The first-order valence-electron chi connectivity index (χ1n) is 12.3. The number of likely N-dealkylation sites (tertiary alicyclic amines) is 1. The second kappa shape index (κ2) is 12.0. The van der Waals surface area contributed by atoms with E-state index in [-0.39, 0.29) is 11.3 Å². The minimum atomic E-state index is -0.837. The molecule has 1 aliphatic rings. The van der Waals surface area contributed by atoms with E-state index in [0.29, 0.717) is 46.5 Å². The minimum absolute atomic E-state index is 0.00132. The molecule has 0 aromatic heterocycles. The lowest BCUT2D eigenvalue weighted by Gasteiger charge is -2.26. The van der Waals surface area contributed by atoms with Gasteiger partial charge in [-0.1, -0.05) is 59.6 Å². The molecule has 1 heterocycles. The number of ketones is 1. The molecule has 1 atom stereocenters. The van der Waals surface area contributed by atoms with Crippen molar-refractivity contribution in [2.75, 3.05) is 27.2 Å². The highest BCUT2D eigenvalue weighted by atomic mass is 35.5. The van der Waals surface area contributed by atoms with Crippen LogP contribution in [0.4, 0.5) is 0 Å². The maximum Gasteiger partial charge on any atom is 0.295 e. The van der Waals surface area contributed by atoms with Gasteiger partial charge in [-0.3, -0.25) is 9.59 Å². The molecule has 1 saturated heterocycles. The number of aliphatic hydroxyl groups excluding tert-OH is 1. The fourth-order valence-electron chi connectivity index (χ4n) is 4.56. The van der Waals surface area contributed by atoms with E-state index in [4.69, 9.17) is 27.9 Å². The molecule has 8 heteroatoms. The summed E-state index contributed by atoms with van der Waals surface area (Å²) in [6.45, 7) is 3.33. The number of rotatable bonds is 9. The Balaban J connectivity index is 1.71. The van der Waals surface area contributed by atoms with Gasteiger partial charge < -0.3 is 19.6 Å². The predicted molar refractivity (Wildman–Crippen MR) is 151 cm³/mol. The van der Waals surface area contributed by atoms with Crippen molar-refractivity contribution < 1.29 is 19.4 Å². The molecule has 1 N–H and O–H groups in total. The monoisotopic (exact) mass is 552 g/mol. The number of aryl methyl sites for hydroxylation is 1. The molecule has 1 aliphatic heterocycles. The largest absolute Gasteiger partial charge is 0.507 e. The summed E-state index contributed by atoms with van der Waals surface area (Å²) in [4.78, 5) is 29.9. The number of ether oxygens (including phenoxy) is 1. The fraction of sp³-hybridized carbons (Fsp3) is 0.267. The van der Waals surface area contributed by atoms with Gasteiger partial charge in [0, 0.05) is 22.2 Å². The summed E-state index contributed by atoms with van der Waals surface area (Å²) >= 11 is 12.7. The molecule has 198 valence electrons. The Hall–Kier alpha value is -3.32. The van der Waals surface area contributed by atoms with E-state index >= 15 is 0 Å². The molecule has 0 radical (unpaired) electrons. The van der Waals surface area contributed by atoms with Gasteiger partial charge in [0.1, 0.15) is 18.1 Å². The van der Waals surface area contributed by atoms with Gasteiger partial charge in [0.15, 0.2) is 0 Å². The molecule has 6 nitrogen and oxygen atoms in total. The summed E-state index contributed by atoms with van der Waals surface area (Å²) in [7, 11) is 3.88. The van der Waals surface area contributed by atoms with Gasteiger partial charge in [0.25, 0.3) is 11.7 Å². The molecule has 0 spiro atoms. The minimum Gasteiger partial charge on any atom is -0.507 e. The smallest absolute Gasteiger partial charge is 0.295 e. The molecule has 0 bridgehead atoms. The number of carbonyl (C=O) groups is 2. The molecule has 0 saturated carbocycles. The zero-order valence-corrected chi connectivity index (χ0v) is 23.1. The van der Waals surface area contributed by atoms with E-state index in [2.05, 4.69) is 0 Å². The first-order valence-corrected chi connectivity index (χ1v) is 13.1. The molecule has 1 fully saturated rings. The zero-order valence-electron chi connectivity index (χ0n) is 21.6. The van der Waals surface area contributed by atoms with Crippen LogP contribution in [0.25, 0.3) is 5.76 Å². The Morgan fingerprint density at radius 2 is 1.76 bits per heavy atom. The maximum atomic E-state index is 13.3. The molecule has 3 aromatic carbocycles. The molecule has 0 unspecified atom stereocenters. The average Bonchev–Trinajstić information content (AvgIpc) is 3.13. The Morgan fingerprint density at radius 3 is 2.42 bits per heavy atom. The van der Waals surface area contributed by atoms with Crippen LogP contribution >= 0.6 is 23.2 Å². The van der Waals surface area contributed by atoms with Crippen molar-refractivity contribution in [2.45, 2.75) is 26.0 Å². The van der Waals surface area contributed by atoms with Crippen LogP contribution in [-0.2, 0) is 16.2 Å². The summed E-state index contributed by atoms with van der Waals surface area (Å²) in [5, 5.41) is 12.2. The van der Waals surface area contributed by atoms with Gasteiger partial charge in [0.2, 0.25) is 0 Å². The fourth-order valence-corrected chi connectivity index (χ4v) is 5.08. The van der Waals surface area contributed by atoms with Crippen LogP contribution in [0, 0.1) is 6.92 Å². The van der Waals surface area contributed by atoms with Crippen molar-refractivity contribution in [3.63, 3.8) is 0 Å². The lowest BCUT2D eigenvalue weighted by Crippen LogP contribution is -2.32. The van der Waals surface area contributed by atoms with E-state index < -0.39 is 17.7 Å². The lowest BCUT2D eigenvalue weighted by molar-refractivity contribution is -0.139. The first-order chi connectivity index (χ1) is 18.2. The van der Waals surface area contributed by atoms with E-state index in [1.165, 1.54) is 4.90 Å². The van der Waals surface area contributed by atoms with Crippen LogP contribution in [0.3, 0.4) is 0 Å². The van der Waals surface area contributed by atoms with E-state index in [0.717, 1.165) is 17.7 Å². The second-order valence-corrected chi connectivity index (χ2v) is 10.4.